The van der Waals surface area contributed by atoms with Crippen molar-refractivity contribution in [2.24, 2.45) is 0 Å². The van der Waals surface area contributed by atoms with E-state index in [0.717, 1.165) is 24.0 Å². The summed E-state index contributed by atoms with van der Waals surface area (Å²) in [5.74, 6) is -2.60. The number of rotatable bonds is 10. The number of hydrogen-bond donors (Lipinski definition) is 2. The number of benzene rings is 3. The topological polar surface area (TPSA) is 150 Å². The molecule has 50 heavy (non-hydrogen) atoms. The fourth-order valence-corrected chi connectivity index (χ4v) is 7.11. The Bertz CT molecular complexity index is 2120. The van der Waals surface area contributed by atoms with Crippen LogP contribution in [0.4, 0.5) is 13.2 Å². The number of aromatic nitrogens is 3. The molecule has 10 nitrogen and oxygen atoms in total. The van der Waals surface area contributed by atoms with Crippen LogP contribution in [-0.4, -0.2) is 57.2 Å². The first-order valence-electron chi connectivity index (χ1n) is 15.9. The van der Waals surface area contributed by atoms with E-state index in [1.54, 1.807) is 29.7 Å². The Morgan fingerprint density at radius 3 is 2.40 bits per heavy atom. The summed E-state index contributed by atoms with van der Waals surface area (Å²) in [6.45, 7) is 6.19. The van der Waals surface area contributed by atoms with Gasteiger partial charge in [0.2, 0.25) is 15.9 Å². The lowest BCUT2D eigenvalue weighted by atomic mass is 10.0. The number of carbonyl (C=O) groups is 1. The van der Waals surface area contributed by atoms with E-state index in [0.29, 0.717) is 41.8 Å². The molecule has 6 rings (SSSR count). The van der Waals surface area contributed by atoms with Crippen LogP contribution >= 0.6 is 0 Å². The van der Waals surface area contributed by atoms with Crippen LogP contribution in [0.5, 0.6) is 5.88 Å². The van der Waals surface area contributed by atoms with Gasteiger partial charge in [-0.2, -0.15) is 4.31 Å². The van der Waals surface area contributed by atoms with Crippen LogP contribution in [0.2, 0.25) is 0 Å². The number of carboxylic acid groups (broad SMARTS) is 1. The van der Waals surface area contributed by atoms with Crippen molar-refractivity contribution >= 4 is 27.0 Å². The van der Waals surface area contributed by atoms with Crippen LogP contribution in [-0.2, 0) is 29.6 Å². The third kappa shape index (κ3) is 8.32. The largest absolute Gasteiger partial charge is 0.478 e. The third-order valence-corrected chi connectivity index (χ3v) is 9.62. The van der Waals surface area contributed by atoms with Crippen molar-refractivity contribution in [3.8, 4) is 17.1 Å². The third-order valence-electron chi connectivity index (χ3n) is 8.28. The molecule has 3 aromatic carbocycles. The first kappa shape index (κ1) is 38.0. The number of aryl methyl sites for hydroxylation is 1. The van der Waals surface area contributed by atoms with E-state index in [4.69, 9.17) is 4.74 Å². The first-order chi connectivity index (χ1) is 23.4. The number of ether oxygens (including phenoxy) is 1. The van der Waals surface area contributed by atoms with Gasteiger partial charge in [0.15, 0.2) is 0 Å². The van der Waals surface area contributed by atoms with Crippen LogP contribution in [0.15, 0.2) is 66.7 Å². The highest BCUT2D eigenvalue weighted by Crippen LogP contribution is 2.30. The van der Waals surface area contributed by atoms with Gasteiger partial charge < -0.3 is 20.6 Å². The van der Waals surface area contributed by atoms with E-state index in [9.17, 15) is 22.7 Å². The van der Waals surface area contributed by atoms with Crippen molar-refractivity contribution in [2.75, 3.05) is 12.8 Å². The quantitative estimate of drug-likeness (QED) is 0.153. The second kappa shape index (κ2) is 15.8. The van der Waals surface area contributed by atoms with Gasteiger partial charge in [0.25, 0.3) is 0 Å². The summed E-state index contributed by atoms with van der Waals surface area (Å²) in [7, 11) is -3.51. The molecule has 1 aliphatic rings. The number of fused-ring (bicyclic) bond motifs is 1. The summed E-state index contributed by atoms with van der Waals surface area (Å²) >= 11 is 0. The molecule has 1 aliphatic heterocycles. The second-order valence-electron chi connectivity index (χ2n) is 11.7. The van der Waals surface area contributed by atoms with Gasteiger partial charge >= 0.3 is 5.97 Å². The molecule has 1 saturated heterocycles. The summed E-state index contributed by atoms with van der Waals surface area (Å²) in [4.78, 5) is 20.6. The number of hydrogen-bond acceptors (Lipinski definition) is 7. The molecule has 3 heterocycles. The molecule has 0 bridgehead atoms. The summed E-state index contributed by atoms with van der Waals surface area (Å²) in [6.07, 6.45) is 2.23. The smallest absolute Gasteiger partial charge is 0.335 e. The van der Waals surface area contributed by atoms with E-state index in [-0.39, 0.29) is 54.0 Å². The Morgan fingerprint density at radius 2 is 1.70 bits per heavy atom. The maximum atomic E-state index is 15.7. The number of halogens is 3. The molecule has 14 heteroatoms. The fourth-order valence-electron chi connectivity index (χ4n) is 5.94. The lowest BCUT2D eigenvalue weighted by molar-refractivity contribution is 0.0697. The van der Waals surface area contributed by atoms with E-state index < -0.39 is 39.5 Å². The van der Waals surface area contributed by atoms with Crippen LogP contribution in [0.3, 0.4) is 0 Å². The number of pyridine rings is 1. The van der Waals surface area contributed by atoms with Gasteiger partial charge in [-0.05, 0) is 73.4 Å². The van der Waals surface area contributed by atoms with Gasteiger partial charge in [0, 0.05) is 42.7 Å². The molecule has 0 saturated carbocycles. The van der Waals surface area contributed by atoms with Gasteiger partial charge in [-0.3, -0.25) is 0 Å². The average molecular weight is 712 g/mol. The molecule has 266 valence electrons. The van der Waals surface area contributed by atoms with Gasteiger partial charge in [-0.15, -0.1) is 0 Å². The standard InChI is InChI=1S/C34H31F3N4O5S.C2H6.H3N/c1-20-8-9-22(26(35)13-20)19-46-33-7-3-6-29(39-33)25-17-27(36)23(14-28(25)37)16-32-38-30-11-10-21(34(42)43)15-31(30)40(32)18-24-5-4-12-41(24)47(2,44)45;1-2;/h3,6-11,13-15,17,24H,4-5,12,16,18-19H2,1-2H3,(H,42,43);1-2H3;1H3/t24-;;/m1../s1. The molecular weight excluding hydrogens is 671 g/mol. The molecule has 4 N–H and O–H groups in total. The molecular formula is C36H40F3N5O5S. The normalized spacial score (nSPS) is 14.6. The molecule has 0 amide bonds. The number of nitrogens with zero attached hydrogens (tertiary/aromatic N) is 4. The minimum Gasteiger partial charge on any atom is -0.478 e. The van der Waals surface area contributed by atoms with Crippen molar-refractivity contribution < 1.29 is 36.2 Å². The predicted octanol–water partition coefficient (Wildman–Crippen LogP) is 7.30. The summed E-state index contributed by atoms with van der Waals surface area (Å²) in [6, 6.07) is 15.4. The second-order valence-corrected chi connectivity index (χ2v) is 13.6. The molecule has 1 fully saturated rings. The van der Waals surface area contributed by atoms with Crippen LogP contribution in [0.1, 0.15) is 59.6 Å². The van der Waals surface area contributed by atoms with E-state index in [2.05, 4.69) is 9.97 Å². The first-order valence-corrected chi connectivity index (χ1v) is 17.7. The summed E-state index contributed by atoms with van der Waals surface area (Å²) in [5.41, 5.74) is 2.01. The SMILES string of the molecule is CC.Cc1ccc(COc2cccc(-c3cc(F)c(Cc4nc5ccc(C(=O)O)cc5n4C[C@H]4CCCN4S(C)(=O)=O)cc3F)n2)c(F)c1.N. The minimum atomic E-state index is -3.51. The molecule has 0 spiro atoms. The van der Waals surface area contributed by atoms with E-state index >= 15 is 8.78 Å². The minimum absolute atomic E-state index is 0. The van der Waals surface area contributed by atoms with Crippen molar-refractivity contribution in [1.82, 2.24) is 25.0 Å². The monoisotopic (exact) mass is 711 g/mol. The zero-order valence-corrected chi connectivity index (χ0v) is 29.1. The summed E-state index contributed by atoms with van der Waals surface area (Å²) < 4.78 is 79.1. The number of aromatic carboxylic acids is 1. The Labute approximate surface area is 289 Å². The lowest BCUT2D eigenvalue weighted by Crippen LogP contribution is -2.37. The average Bonchev–Trinajstić information content (AvgIpc) is 3.68. The maximum absolute atomic E-state index is 15.7. The number of imidazole rings is 1. The molecule has 0 unspecified atom stereocenters. The van der Waals surface area contributed by atoms with Crippen molar-refractivity contribution in [2.45, 2.75) is 59.2 Å². The predicted molar refractivity (Wildman–Crippen MR) is 185 cm³/mol. The fraction of sp³-hybridized carbons (Fsp3) is 0.306. The van der Waals surface area contributed by atoms with Gasteiger partial charge in [-0.25, -0.2) is 36.4 Å². The van der Waals surface area contributed by atoms with Gasteiger partial charge in [-0.1, -0.05) is 32.0 Å². The van der Waals surface area contributed by atoms with Crippen molar-refractivity contribution in [1.29, 1.82) is 0 Å². The molecule has 1 atom stereocenters. The van der Waals surface area contributed by atoms with Crippen LogP contribution in [0, 0.1) is 24.4 Å². The Morgan fingerprint density at radius 1 is 0.960 bits per heavy atom. The van der Waals surface area contributed by atoms with Gasteiger partial charge in [0.05, 0.1) is 28.5 Å². The molecule has 0 aliphatic carbocycles. The van der Waals surface area contributed by atoms with Crippen LogP contribution in [0.25, 0.3) is 22.3 Å². The number of sulfonamides is 1. The zero-order valence-electron chi connectivity index (χ0n) is 28.3. The van der Waals surface area contributed by atoms with Gasteiger partial charge in [0.1, 0.15) is 29.9 Å². The molecule has 0 radical (unpaired) electrons. The Balaban J connectivity index is 0.00000184. The number of carboxylic acids is 1. The van der Waals surface area contributed by atoms with E-state index in [1.807, 2.05) is 13.8 Å². The van der Waals surface area contributed by atoms with Crippen LogP contribution < -0.4 is 10.9 Å². The molecule has 2 aromatic heterocycles. The van der Waals surface area contributed by atoms with E-state index in [1.165, 1.54) is 40.7 Å². The Kier molecular flexibility index (Phi) is 12.0. The highest BCUT2D eigenvalue weighted by atomic mass is 32.2. The highest BCUT2D eigenvalue weighted by molar-refractivity contribution is 7.88. The zero-order chi connectivity index (χ0) is 35.5. The van der Waals surface area contributed by atoms with Crippen molar-refractivity contribution in [3.63, 3.8) is 0 Å². The Hall–Kier alpha value is -4.79. The highest BCUT2D eigenvalue weighted by Gasteiger charge is 2.32. The summed E-state index contributed by atoms with van der Waals surface area (Å²) in [5, 5.41) is 9.58. The van der Waals surface area contributed by atoms with Crippen molar-refractivity contribution in [3.05, 3.63) is 112 Å². The maximum Gasteiger partial charge on any atom is 0.335 e. The lowest BCUT2D eigenvalue weighted by Gasteiger charge is -2.23. The molecule has 5 aromatic rings.